The Morgan fingerprint density at radius 1 is 1.26 bits per heavy atom. The highest BCUT2D eigenvalue weighted by Crippen LogP contribution is 2.30. The molecule has 1 N–H and O–H groups in total. The van der Waals surface area contributed by atoms with Gasteiger partial charge in [-0.15, -0.1) is 0 Å². The summed E-state index contributed by atoms with van der Waals surface area (Å²) in [5.41, 5.74) is 1.04. The molecule has 1 aromatic rings. The van der Waals surface area contributed by atoms with Crippen molar-refractivity contribution in [1.82, 2.24) is 0 Å². The Labute approximate surface area is 116 Å². The topological polar surface area (TPSA) is 32.7 Å². The lowest BCUT2D eigenvalue weighted by molar-refractivity contribution is 0.0909. The molecule has 3 heteroatoms. The van der Waals surface area contributed by atoms with Gasteiger partial charge in [-0.1, -0.05) is 31.4 Å². The summed E-state index contributed by atoms with van der Waals surface area (Å²) in [7, 11) is 3.70. The van der Waals surface area contributed by atoms with E-state index in [0.29, 0.717) is 12.5 Å². The number of hydrogen-bond donors (Lipinski definition) is 1. The molecule has 106 valence electrons. The first-order chi connectivity index (χ1) is 9.22. The lowest BCUT2D eigenvalue weighted by atomic mass is 9.85. The summed E-state index contributed by atoms with van der Waals surface area (Å²) in [6, 6.07) is 7.96. The monoisotopic (exact) mass is 263 g/mol. The standard InChI is InChI=1S/C16H25NO2/c1-17(14-10-6-7-11-16(14)19-2)12-15(18)13-8-4-3-5-9-13/h6-7,10-11,13,15,18H,3-5,8-9,12H2,1-2H3. The number of benzene rings is 1. The lowest BCUT2D eigenvalue weighted by Crippen LogP contribution is -2.35. The highest BCUT2D eigenvalue weighted by Gasteiger charge is 2.23. The molecule has 1 aliphatic rings. The van der Waals surface area contributed by atoms with Crippen LogP contribution in [0.1, 0.15) is 32.1 Å². The van der Waals surface area contributed by atoms with Crippen molar-refractivity contribution in [3.63, 3.8) is 0 Å². The summed E-state index contributed by atoms with van der Waals surface area (Å²) in [4.78, 5) is 2.10. The summed E-state index contributed by atoms with van der Waals surface area (Å²) in [5, 5.41) is 10.4. The highest BCUT2D eigenvalue weighted by molar-refractivity contribution is 5.57. The number of aliphatic hydroxyl groups is 1. The van der Waals surface area contributed by atoms with Gasteiger partial charge in [0.1, 0.15) is 5.75 Å². The number of methoxy groups -OCH3 is 1. The fraction of sp³-hybridized carbons (Fsp3) is 0.625. The van der Waals surface area contributed by atoms with Crippen LogP contribution < -0.4 is 9.64 Å². The van der Waals surface area contributed by atoms with Gasteiger partial charge in [0, 0.05) is 13.6 Å². The minimum absolute atomic E-state index is 0.241. The third-order valence-corrected chi connectivity index (χ3v) is 4.15. The van der Waals surface area contributed by atoms with Gasteiger partial charge >= 0.3 is 0 Å². The summed E-state index contributed by atoms with van der Waals surface area (Å²) in [6.45, 7) is 0.672. The summed E-state index contributed by atoms with van der Waals surface area (Å²) < 4.78 is 5.37. The number of rotatable bonds is 5. The largest absolute Gasteiger partial charge is 0.495 e. The number of nitrogens with zero attached hydrogens (tertiary/aromatic N) is 1. The third kappa shape index (κ3) is 3.63. The van der Waals surface area contributed by atoms with Gasteiger partial charge in [0.25, 0.3) is 0 Å². The van der Waals surface area contributed by atoms with Crippen LogP contribution in [0.15, 0.2) is 24.3 Å². The SMILES string of the molecule is COc1ccccc1N(C)CC(O)C1CCCCC1. The molecule has 0 amide bonds. The van der Waals surface area contributed by atoms with Crippen molar-refractivity contribution in [3.05, 3.63) is 24.3 Å². The average molecular weight is 263 g/mol. The fourth-order valence-electron chi connectivity index (χ4n) is 2.99. The van der Waals surface area contributed by atoms with E-state index in [2.05, 4.69) is 4.90 Å². The molecule has 1 saturated carbocycles. The van der Waals surface area contributed by atoms with Crippen molar-refractivity contribution in [1.29, 1.82) is 0 Å². The van der Waals surface area contributed by atoms with Gasteiger partial charge in [0.05, 0.1) is 18.9 Å². The van der Waals surface area contributed by atoms with Crippen molar-refractivity contribution in [2.24, 2.45) is 5.92 Å². The van der Waals surface area contributed by atoms with Gasteiger partial charge in [-0.25, -0.2) is 0 Å². The zero-order valence-corrected chi connectivity index (χ0v) is 12.0. The molecular formula is C16H25NO2. The van der Waals surface area contributed by atoms with Crippen LogP contribution in [0.2, 0.25) is 0 Å². The van der Waals surface area contributed by atoms with Gasteiger partial charge < -0.3 is 14.7 Å². The molecule has 0 saturated heterocycles. The minimum Gasteiger partial charge on any atom is -0.495 e. The van der Waals surface area contributed by atoms with E-state index in [9.17, 15) is 5.11 Å². The van der Waals surface area contributed by atoms with Crippen molar-refractivity contribution in [2.45, 2.75) is 38.2 Å². The number of anilines is 1. The van der Waals surface area contributed by atoms with Gasteiger partial charge in [0.15, 0.2) is 0 Å². The molecule has 0 aliphatic heterocycles. The Hall–Kier alpha value is -1.22. The van der Waals surface area contributed by atoms with E-state index >= 15 is 0 Å². The van der Waals surface area contributed by atoms with E-state index in [0.717, 1.165) is 11.4 Å². The smallest absolute Gasteiger partial charge is 0.142 e. The number of likely N-dealkylation sites (N-methyl/N-ethyl adjacent to an activating group) is 1. The number of aliphatic hydroxyl groups excluding tert-OH is 1. The highest BCUT2D eigenvalue weighted by atomic mass is 16.5. The molecule has 2 rings (SSSR count). The Balaban J connectivity index is 1.97. The maximum absolute atomic E-state index is 10.4. The van der Waals surface area contributed by atoms with Gasteiger partial charge in [-0.05, 0) is 30.9 Å². The predicted molar refractivity (Wildman–Crippen MR) is 78.8 cm³/mol. The first-order valence-electron chi connectivity index (χ1n) is 7.24. The van der Waals surface area contributed by atoms with Crippen LogP contribution in [0.3, 0.4) is 0 Å². The van der Waals surface area contributed by atoms with Gasteiger partial charge in [0.2, 0.25) is 0 Å². The van der Waals surface area contributed by atoms with Crippen LogP contribution in [-0.2, 0) is 0 Å². The van der Waals surface area contributed by atoms with Gasteiger partial charge in [-0.3, -0.25) is 0 Å². The normalized spacial score (nSPS) is 18.1. The van der Waals surface area contributed by atoms with E-state index in [1.54, 1.807) is 7.11 Å². The second-order valence-corrected chi connectivity index (χ2v) is 5.52. The number of ether oxygens (including phenoxy) is 1. The van der Waals surface area contributed by atoms with Crippen LogP contribution in [0, 0.1) is 5.92 Å². The van der Waals surface area contributed by atoms with Crippen molar-refractivity contribution in [2.75, 3.05) is 25.6 Å². The number of hydrogen-bond acceptors (Lipinski definition) is 3. The summed E-state index contributed by atoms with van der Waals surface area (Å²) in [5.74, 6) is 1.33. The quantitative estimate of drug-likeness (QED) is 0.886. The molecule has 0 aromatic heterocycles. The Morgan fingerprint density at radius 3 is 2.63 bits per heavy atom. The van der Waals surface area contributed by atoms with E-state index < -0.39 is 0 Å². The van der Waals surface area contributed by atoms with Crippen LogP contribution in [0.4, 0.5) is 5.69 Å². The molecule has 0 bridgehead atoms. The Morgan fingerprint density at radius 2 is 1.95 bits per heavy atom. The second-order valence-electron chi connectivity index (χ2n) is 5.52. The van der Waals surface area contributed by atoms with Crippen LogP contribution in [-0.4, -0.2) is 31.9 Å². The first kappa shape index (κ1) is 14.2. The van der Waals surface area contributed by atoms with Gasteiger partial charge in [-0.2, -0.15) is 0 Å². The number of para-hydroxylation sites is 2. The molecule has 1 unspecified atom stereocenters. The summed E-state index contributed by atoms with van der Waals surface area (Å²) in [6.07, 6.45) is 5.95. The van der Waals surface area contributed by atoms with E-state index in [1.807, 2.05) is 31.3 Å². The maximum atomic E-state index is 10.4. The molecule has 19 heavy (non-hydrogen) atoms. The second kappa shape index (κ2) is 6.80. The average Bonchev–Trinajstić information content (AvgIpc) is 2.48. The molecule has 1 aliphatic carbocycles. The first-order valence-corrected chi connectivity index (χ1v) is 7.24. The molecule has 1 atom stereocenters. The van der Waals surface area contributed by atoms with E-state index in [1.165, 1.54) is 32.1 Å². The van der Waals surface area contributed by atoms with Crippen molar-refractivity contribution < 1.29 is 9.84 Å². The lowest BCUT2D eigenvalue weighted by Gasteiger charge is -2.31. The molecule has 1 aromatic carbocycles. The fourth-order valence-corrected chi connectivity index (χ4v) is 2.99. The summed E-state index contributed by atoms with van der Waals surface area (Å²) >= 11 is 0. The molecule has 0 radical (unpaired) electrons. The maximum Gasteiger partial charge on any atom is 0.142 e. The molecule has 0 heterocycles. The van der Waals surface area contributed by atoms with Crippen LogP contribution in [0.25, 0.3) is 0 Å². The van der Waals surface area contributed by atoms with Crippen LogP contribution >= 0.6 is 0 Å². The van der Waals surface area contributed by atoms with E-state index in [4.69, 9.17) is 4.74 Å². The van der Waals surface area contributed by atoms with E-state index in [-0.39, 0.29) is 6.10 Å². The zero-order valence-electron chi connectivity index (χ0n) is 12.0. The minimum atomic E-state index is -0.241. The Bertz CT molecular complexity index is 388. The van der Waals surface area contributed by atoms with Crippen LogP contribution in [0.5, 0.6) is 5.75 Å². The zero-order chi connectivity index (χ0) is 13.7. The molecular weight excluding hydrogens is 238 g/mol. The molecule has 1 fully saturated rings. The van der Waals surface area contributed by atoms with Crippen molar-refractivity contribution >= 4 is 5.69 Å². The third-order valence-electron chi connectivity index (χ3n) is 4.15. The Kier molecular flexibility index (Phi) is 5.08. The molecule has 3 nitrogen and oxygen atoms in total. The molecule has 0 spiro atoms. The van der Waals surface area contributed by atoms with Crippen molar-refractivity contribution in [3.8, 4) is 5.75 Å². The predicted octanol–water partition coefficient (Wildman–Crippen LogP) is 3.07.